The minimum atomic E-state index is -1.23. The molecule has 2 N–H and O–H groups in total. The molecular weight excluding hydrogens is 269 g/mol. The van der Waals surface area contributed by atoms with Gasteiger partial charge in [-0.3, -0.25) is 4.79 Å². The number of carbonyl (C=O) groups is 2. The van der Waals surface area contributed by atoms with Crippen LogP contribution >= 0.6 is 0 Å². The number of halogens is 1. The van der Waals surface area contributed by atoms with Crippen LogP contribution in [0.5, 0.6) is 5.75 Å². The number of hydrogen-bond acceptors (Lipinski definition) is 4. The molecule has 1 amide bonds. The highest BCUT2D eigenvalue weighted by atomic mass is 19.1. The fourth-order valence-corrected chi connectivity index (χ4v) is 1.51. The van der Waals surface area contributed by atoms with Crippen molar-refractivity contribution >= 4 is 11.9 Å². The molecule has 8 heteroatoms. The Morgan fingerprint density at radius 2 is 2.15 bits per heavy atom. The van der Waals surface area contributed by atoms with Gasteiger partial charge >= 0.3 is 5.97 Å². The van der Waals surface area contributed by atoms with Gasteiger partial charge in [-0.05, 0) is 18.2 Å². The second-order valence-corrected chi connectivity index (χ2v) is 3.71. The van der Waals surface area contributed by atoms with Crippen LogP contribution in [0.4, 0.5) is 4.39 Å². The molecule has 0 aliphatic heterocycles. The van der Waals surface area contributed by atoms with Crippen molar-refractivity contribution in [1.29, 1.82) is 0 Å². The number of ether oxygens (including phenoxy) is 1. The van der Waals surface area contributed by atoms with E-state index in [0.29, 0.717) is 0 Å². The zero-order valence-electron chi connectivity index (χ0n) is 10.3. The second kappa shape index (κ2) is 5.39. The third-order valence-electron chi connectivity index (χ3n) is 2.45. The Morgan fingerprint density at radius 3 is 2.75 bits per heavy atom. The molecule has 0 saturated heterocycles. The van der Waals surface area contributed by atoms with Gasteiger partial charge in [-0.15, -0.1) is 5.10 Å². The minimum Gasteiger partial charge on any atom is -0.494 e. The average molecular weight is 279 g/mol. The van der Waals surface area contributed by atoms with Crippen molar-refractivity contribution in [1.82, 2.24) is 9.89 Å². The second-order valence-electron chi connectivity index (χ2n) is 3.71. The lowest BCUT2D eigenvalue weighted by Crippen LogP contribution is -2.24. The molecule has 1 aromatic heterocycles. The van der Waals surface area contributed by atoms with Crippen LogP contribution in [-0.4, -0.2) is 34.0 Å². The largest absolute Gasteiger partial charge is 0.494 e. The molecule has 0 aliphatic rings. The maximum absolute atomic E-state index is 13.8. The molecule has 1 aromatic carbocycles. The standard InChI is InChI=1S/C12H10FN3O4/c1-20-9-4-2-3-7(10(9)13)11(17)15-16-6-5-8(14-16)12(18)19/h2-6H,1H3,(H,15,17)(H,18,19). The summed E-state index contributed by atoms with van der Waals surface area (Å²) < 4.78 is 18.6. The third kappa shape index (κ3) is 2.58. The minimum absolute atomic E-state index is 0.0654. The lowest BCUT2D eigenvalue weighted by atomic mass is 10.2. The number of methoxy groups -OCH3 is 1. The molecule has 2 aromatic rings. The van der Waals surface area contributed by atoms with Crippen LogP contribution in [0.1, 0.15) is 20.8 Å². The molecule has 0 bridgehead atoms. The number of amides is 1. The maximum Gasteiger partial charge on any atom is 0.356 e. The van der Waals surface area contributed by atoms with Gasteiger partial charge in [0.25, 0.3) is 5.91 Å². The van der Waals surface area contributed by atoms with Crippen molar-refractivity contribution in [3.63, 3.8) is 0 Å². The van der Waals surface area contributed by atoms with E-state index in [1.807, 2.05) is 0 Å². The molecule has 2 rings (SSSR count). The van der Waals surface area contributed by atoms with Crippen molar-refractivity contribution < 1.29 is 23.8 Å². The summed E-state index contributed by atoms with van der Waals surface area (Å²) in [6, 6.07) is 5.31. The van der Waals surface area contributed by atoms with Gasteiger partial charge < -0.3 is 9.84 Å². The fraction of sp³-hybridized carbons (Fsp3) is 0.0833. The van der Waals surface area contributed by atoms with Crippen LogP contribution in [-0.2, 0) is 0 Å². The van der Waals surface area contributed by atoms with Gasteiger partial charge in [0, 0.05) is 6.20 Å². The Bertz CT molecular complexity index is 668. The average Bonchev–Trinajstić information content (AvgIpc) is 2.87. The van der Waals surface area contributed by atoms with E-state index in [0.717, 1.165) is 4.79 Å². The summed E-state index contributed by atoms with van der Waals surface area (Å²) >= 11 is 0. The van der Waals surface area contributed by atoms with Gasteiger partial charge in [-0.2, -0.15) is 4.79 Å². The number of carboxylic acid groups (broad SMARTS) is 1. The summed E-state index contributed by atoms with van der Waals surface area (Å²) in [5.41, 5.74) is 1.75. The first kappa shape index (κ1) is 13.5. The van der Waals surface area contributed by atoms with E-state index in [1.54, 1.807) is 0 Å². The number of aromatic carboxylic acids is 1. The van der Waals surface area contributed by atoms with Crippen LogP contribution < -0.4 is 10.2 Å². The molecule has 0 spiro atoms. The Labute approximate surface area is 112 Å². The zero-order valence-corrected chi connectivity index (χ0v) is 10.3. The number of nitrogens with one attached hydrogen (secondary N) is 1. The predicted octanol–water partition coefficient (Wildman–Crippen LogP) is 1.11. The van der Waals surface area contributed by atoms with E-state index < -0.39 is 17.7 Å². The lowest BCUT2D eigenvalue weighted by molar-refractivity contribution is 0.0689. The summed E-state index contributed by atoms with van der Waals surface area (Å²) in [7, 11) is 1.28. The SMILES string of the molecule is COc1cccc(C(=O)Nn2ccc(C(=O)O)n2)c1F. The molecule has 0 saturated carbocycles. The molecule has 0 aliphatic carbocycles. The summed E-state index contributed by atoms with van der Waals surface area (Å²) in [5, 5.41) is 12.3. The molecule has 0 unspecified atom stereocenters. The van der Waals surface area contributed by atoms with E-state index >= 15 is 0 Å². The number of carboxylic acids is 1. The Balaban J connectivity index is 2.21. The lowest BCUT2D eigenvalue weighted by Gasteiger charge is -2.08. The number of hydrogen-bond donors (Lipinski definition) is 2. The first-order valence-corrected chi connectivity index (χ1v) is 5.45. The quantitative estimate of drug-likeness (QED) is 0.874. The number of carbonyl (C=O) groups excluding carboxylic acids is 1. The molecule has 104 valence electrons. The zero-order chi connectivity index (χ0) is 14.7. The summed E-state index contributed by atoms with van der Waals surface area (Å²) in [4.78, 5) is 23.4. The van der Waals surface area contributed by atoms with Crippen LogP contribution in [0.25, 0.3) is 0 Å². The summed E-state index contributed by atoms with van der Waals surface area (Å²) in [5.74, 6) is -2.88. The van der Waals surface area contributed by atoms with Gasteiger partial charge in [-0.1, -0.05) is 6.07 Å². The van der Waals surface area contributed by atoms with E-state index in [4.69, 9.17) is 9.84 Å². The summed E-state index contributed by atoms with van der Waals surface area (Å²) in [6.45, 7) is 0. The monoisotopic (exact) mass is 279 g/mol. The van der Waals surface area contributed by atoms with Gasteiger partial charge in [0.2, 0.25) is 0 Å². The van der Waals surface area contributed by atoms with E-state index in [-0.39, 0.29) is 17.0 Å². The normalized spacial score (nSPS) is 10.1. The predicted molar refractivity (Wildman–Crippen MR) is 65.8 cm³/mol. The van der Waals surface area contributed by atoms with Crippen LogP contribution in [0.15, 0.2) is 30.5 Å². The smallest absolute Gasteiger partial charge is 0.356 e. The van der Waals surface area contributed by atoms with E-state index in [1.165, 1.54) is 37.6 Å². The highest BCUT2D eigenvalue weighted by molar-refractivity contribution is 6.00. The molecule has 1 heterocycles. The molecule has 0 fully saturated rings. The van der Waals surface area contributed by atoms with Crippen molar-refractivity contribution in [2.75, 3.05) is 12.5 Å². The van der Waals surface area contributed by atoms with Gasteiger partial charge in [0.05, 0.1) is 12.7 Å². The summed E-state index contributed by atoms with van der Waals surface area (Å²) in [6.07, 6.45) is 1.24. The third-order valence-corrected chi connectivity index (χ3v) is 2.45. The Hall–Kier alpha value is -2.90. The van der Waals surface area contributed by atoms with Gasteiger partial charge in [0.1, 0.15) is 0 Å². The van der Waals surface area contributed by atoms with Crippen molar-refractivity contribution in [2.45, 2.75) is 0 Å². The van der Waals surface area contributed by atoms with Gasteiger partial charge in [-0.25, -0.2) is 14.6 Å². The van der Waals surface area contributed by atoms with Crippen LogP contribution in [0.3, 0.4) is 0 Å². The maximum atomic E-state index is 13.8. The van der Waals surface area contributed by atoms with E-state index in [9.17, 15) is 14.0 Å². The number of aromatic nitrogens is 2. The number of nitrogens with zero attached hydrogens (tertiary/aromatic N) is 2. The number of rotatable bonds is 4. The van der Waals surface area contributed by atoms with Crippen LogP contribution in [0, 0.1) is 5.82 Å². The Morgan fingerprint density at radius 1 is 1.40 bits per heavy atom. The first-order chi connectivity index (χ1) is 9.52. The molecular formula is C12H10FN3O4. The Kier molecular flexibility index (Phi) is 3.65. The van der Waals surface area contributed by atoms with Crippen LogP contribution in [0.2, 0.25) is 0 Å². The highest BCUT2D eigenvalue weighted by Crippen LogP contribution is 2.19. The molecule has 0 radical (unpaired) electrons. The van der Waals surface area contributed by atoms with Crippen molar-refractivity contribution in [3.05, 3.63) is 47.5 Å². The molecule has 0 atom stereocenters. The van der Waals surface area contributed by atoms with Crippen molar-refractivity contribution in [3.8, 4) is 5.75 Å². The highest BCUT2D eigenvalue weighted by Gasteiger charge is 2.16. The van der Waals surface area contributed by atoms with Gasteiger partial charge in [0.15, 0.2) is 17.3 Å². The number of benzene rings is 1. The van der Waals surface area contributed by atoms with E-state index in [2.05, 4.69) is 10.5 Å². The topological polar surface area (TPSA) is 93.5 Å². The first-order valence-electron chi connectivity index (χ1n) is 5.45. The van der Waals surface area contributed by atoms with Crippen molar-refractivity contribution in [2.24, 2.45) is 0 Å². The molecule has 7 nitrogen and oxygen atoms in total. The molecule has 20 heavy (non-hydrogen) atoms. The fourth-order valence-electron chi connectivity index (χ4n) is 1.51.